The molecule has 0 atom stereocenters. The average Bonchev–Trinajstić information content (AvgIpc) is 2.49. The van der Waals surface area contributed by atoms with E-state index in [1.54, 1.807) is 25.3 Å². The lowest BCUT2D eigenvalue weighted by Gasteiger charge is -2.19. The highest BCUT2D eigenvalue weighted by atomic mass is 16.5. The third-order valence-corrected chi connectivity index (χ3v) is 3.07. The lowest BCUT2D eigenvalue weighted by molar-refractivity contribution is 0.0739. The van der Waals surface area contributed by atoms with Crippen LogP contribution < -0.4 is 5.32 Å². The minimum atomic E-state index is -0.116. The van der Waals surface area contributed by atoms with Crippen molar-refractivity contribution in [3.8, 4) is 0 Å². The molecule has 0 saturated heterocycles. The molecular weight excluding hydrogens is 268 g/mol. The van der Waals surface area contributed by atoms with Gasteiger partial charge < -0.3 is 15.0 Å². The molecular formula is C15H26N4O2. The van der Waals surface area contributed by atoms with Crippen LogP contribution in [0.4, 0.5) is 5.69 Å². The van der Waals surface area contributed by atoms with Crippen molar-refractivity contribution in [2.24, 2.45) is 0 Å². The minimum absolute atomic E-state index is 0.116. The normalized spacial score (nSPS) is 10.8. The summed E-state index contributed by atoms with van der Waals surface area (Å²) in [6, 6.07) is 0. The molecule has 1 aromatic rings. The van der Waals surface area contributed by atoms with Crippen molar-refractivity contribution in [2.45, 2.75) is 33.1 Å². The molecule has 0 aromatic carbocycles. The highest BCUT2D eigenvalue weighted by molar-refractivity contribution is 5.97. The highest BCUT2D eigenvalue weighted by Gasteiger charge is 2.19. The molecule has 0 aliphatic rings. The maximum atomic E-state index is 12.5. The van der Waals surface area contributed by atoms with Crippen molar-refractivity contribution in [1.29, 1.82) is 0 Å². The zero-order chi connectivity index (χ0) is 15.8. The van der Waals surface area contributed by atoms with Crippen LogP contribution in [0.3, 0.4) is 0 Å². The first-order valence-corrected chi connectivity index (χ1v) is 7.36. The maximum Gasteiger partial charge on any atom is 0.274 e. The van der Waals surface area contributed by atoms with Gasteiger partial charge >= 0.3 is 0 Å². The number of anilines is 1. The Kier molecular flexibility index (Phi) is 7.08. The Hall–Kier alpha value is -1.69. The molecule has 1 aromatic heterocycles. The Morgan fingerprint density at radius 1 is 1.48 bits per heavy atom. The number of aromatic nitrogens is 2. The van der Waals surface area contributed by atoms with E-state index in [2.05, 4.69) is 22.2 Å². The van der Waals surface area contributed by atoms with Gasteiger partial charge in [-0.15, -0.1) is 0 Å². The number of methoxy groups -OCH3 is 1. The average molecular weight is 294 g/mol. The van der Waals surface area contributed by atoms with Crippen molar-refractivity contribution in [3.63, 3.8) is 0 Å². The second-order valence-electron chi connectivity index (χ2n) is 5.29. The number of ether oxygens (including phenoxy) is 1. The third-order valence-electron chi connectivity index (χ3n) is 3.07. The predicted octanol–water partition coefficient (Wildman–Crippen LogP) is 2.14. The molecule has 1 N–H and O–H groups in total. The number of hydrogen-bond donors (Lipinski definition) is 1. The van der Waals surface area contributed by atoms with Crippen molar-refractivity contribution in [2.75, 3.05) is 39.2 Å². The van der Waals surface area contributed by atoms with Gasteiger partial charge in [0.2, 0.25) is 0 Å². The summed E-state index contributed by atoms with van der Waals surface area (Å²) in [7, 11) is 3.37. The van der Waals surface area contributed by atoms with Crippen LogP contribution in [0, 0.1) is 0 Å². The molecule has 0 aliphatic heterocycles. The van der Waals surface area contributed by atoms with Gasteiger partial charge in [-0.2, -0.15) is 0 Å². The van der Waals surface area contributed by atoms with Crippen LogP contribution in [0.1, 0.15) is 49.4 Å². The molecule has 0 aliphatic carbocycles. The fourth-order valence-electron chi connectivity index (χ4n) is 1.74. The van der Waals surface area contributed by atoms with E-state index in [9.17, 15) is 4.79 Å². The zero-order valence-electron chi connectivity index (χ0n) is 13.6. The van der Waals surface area contributed by atoms with E-state index in [0.717, 1.165) is 13.0 Å². The van der Waals surface area contributed by atoms with Gasteiger partial charge in [0.15, 0.2) is 5.69 Å². The first kappa shape index (κ1) is 17.4. The first-order valence-electron chi connectivity index (χ1n) is 7.36. The molecule has 6 nitrogen and oxygen atoms in total. The van der Waals surface area contributed by atoms with Gasteiger partial charge in [0.1, 0.15) is 5.82 Å². The Morgan fingerprint density at radius 3 is 2.76 bits per heavy atom. The molecule has 1 amide bonds. The number of rotatable bonds is 8. The molecule has 6 heteroatoms. The van der Waals surface area contributed by atoms with E-state index in [1.165, 1.54) is 0 Å². The summed E-state index contributed by atoms with van der Waals surface area (Å²) in [5.41, 5.74) is 1.12. The second-order valence-corrected chi connectivity index (χ2v) is 5.29. The standard InChI is InChI=1S/C15H26N4O2/c1-6-7-16-12-10-17-14(11(2)3)18-13(12)15(20)19(4)8-9-21-5/h10-11,16H,6-9H2,1-5H3. The van der Waals surface area contributed by atoms with E-state index >= 15 is 0 Å². The molecule has 21 heavy (non-hydrogen) atoms. The van der Waals surface area contributed by atoms with E-state index < -0.39 is 0 Å². The van der Waals surface area contributed by atoms with Gasteiger partial charge in [-0.05, 0) is 6.42 Å². The number of nitrogens with zero attached hydrogens (tertiary/aromatic N) is 3. The fraction of sp³-hybridized carbons (Fsp3) is 0.667. The van der Waals surface area contributed by atoms with E-state index in [1.807, 2.05) is 13.8 Å². The molecule has 118 valence electrons. The van der Waals surface area contributed by atoms with Gasteiger partial charge in [0.25, 0.3) is 5.91 Å². The molecule has 1 rings (SSSR count). The molecule has 0 spiro atoms. The predicted molar refractivity (Wildman–Crippen MR) is 83.7 cm³/mol. The quantitative estimate of drug-likeness (QED) is 0.795. The highest BCUT2D eigenvalue weighted by Crippen LogP contribution is 2.17. The van der Waals surface area contributed by atoms with Crippen LogP contribution in [0.15, 0.2) is 6.20 Å². The fourth-order valence-corrected chi connectivity index (χ4v) is 1.74. The van der Waals surface area contributed by atoms with Crippen molar-refractivity contribution in [1.82, 2.24) is 14.9 Å². The van der Waals surface area contributed by atoms with E-state index in [-0.39, 0.29) is 11.8 Å². The molecule has 0 unspecified atom stereocenters. The Morgan fingerprint density at radius 2 is 2.19 bits per heavy atom. The van der Waals surface area contributed by atoms with Crippen LogP contribution in [0.2, 0.25) is 0 Å². The molecule has 0 saturated carbocycles. The molecule has 0 bridgehead atoms. The van der Waals surface area contributed by atoms with Gasteiger partial charge in [-0.3, -0.25) is 4.79 Å². The van der Waals surface area contributed by atoms with E-state index in [0.29, 0.717) is 30.4 Å². The SMILES string of the molecule is CCCNc1cnc(C(C)C)nc1C(=O)N(C)CCOC. The second kappa shape index (κ2) is 8.56. The molecule has 1 heterocycles. The van der Waals surface area contributed by atoms with Crippen molar-refractivity contribution in [3.05, 3.63) is 17.7 Å². The lowest BCUT2D eigenvalue weighted by atomic mass is 10.2. The summed E-state index contributed by atoms with van der Waals surface area (Å²) in [5, 5.41) is 3.22. The minimum Gasteiger partial charge on any atom is -0.383 e. The third kappa shape index (κ3) is 4.97. The summed E-state index contributed by atoms with van der Waals surface area (Å²) in [5.74, 6) is 0.747. The topological polar surface area (TPSA) is 67.4 Å². The van der Waals surface area contributed by atoms with Crippen LogP contribution in [-0.2, 0) is 4.74 Å². The zero-order valence-corrected chi connectivity index (χ0v) is 13.6. The monoisotopic (exact) mass is 294 g/mol. The Bertz CT molecular complexity index is 463. The number of amides is 1. The van der Waals surface area contributed by atoms with Crippen LogP contribution in [0.5, 0.6) is 0 Å². The Labute approximate surface area is 126 Å². The van der Waals surface area contributed by atoms with Gasteiger partial charge in [0, 0.05) is 33.2 Å². The van der Waals surface area contributed by atoms with Crippen LogP contribution in [-0.4, -0.2) is 54.6 Å². The largest absolute Gasteiger partial charge is 0.383 e. The number of carbonyl (C=O) groups excluding carboxylic acids is 1. The van der Waals surface area contributed by atoms with Crippen LogP contribution >= 0.6 is 0 Å². The summed E-state index contributed by atoms with van der Waals surface area (Å²) >= 11 is 0. The van der Waals surface area contributed by atoms with Gasteiger partial charge in [-0.1, -0.05) is 20.8 Å². The number of hydrogen-bond acceptors (Lipinski definition) is 5. The smallest absolute Gasteiger partial charge is 0.274 e. The lowest BCUT2D eigenvalue weighted by Crippen LogP contribution is -2.31. The molecule has 0 fully saturated rings. The Balaban J connectivity index is 3.03. The van der Waals surface area contributed by atoms with Gasteiger partial charge in [0.05, 0.1) is 18.5 Å². The maximum absolute atomic E-state index is 12.5. The summed E-state index contributed by atoms with van der Waals surface area (Å²) in [6.45, 7) is 7.91. The number of likely N-dealkylation sites (N-methyl/N-ethyl adjacent to an activating group) is 1. The van der Waals surface area contributed by atoms with Gasteiger partial charge in [-0.25, -0.2) is 9.97 Å². The van der Waals surface area contributed by atoms with E-state index in [4.69, 9.17) is 4.74 Å². The number of carbonyl (C=O) groups is 1. The van der Waals surface area contributed by atoms with Crippen molar-refractivity contribution >= 4 is 11.6 Å². The van der Waals surface area contributed by atoms with Crippen molar-refractivity contribution < 1.29 is 9.53 Å². The first-order chi connectivity index (χ1) is 10.0. The molecule has 0 radical (unpaired) electrons. The number of nitrogens with one attached hydrogen (secondary N) is 1. The summed E-state index contributed by atoms with van der Waals surface area (Å²) in [6.07, 6.45) is 2.68. The van der Waals surface area contributed by atoms with Crippen LogP contribution in [0.25, 0.3) is 0 Å². The summed E-state index contributed by atoms with van der Waals surface area (Å²) < 4.78 is 5.01. The summed E-state index contributed by atoms with van der Waals surface area (Å²) in [4.78, 5) is 22.9.